The molecule has 0 unspecified atom stereocenters. The Hall–Kier alpha value is -1.84. The topological polar surface area (TPSA) is 49.5 Å². The van der Waals surface area contributed by atoms with Crippen LogP contribution < -0.4 is 5.73 Å². The van der Waals surface area contributed by atoms with Crippen molar-refractivity contribution in [3.8, 4) is 0 Å². The Bertz CT molecular complexity index is 573. The van der Waals surface area contributed by atoms with Crippen molar-refractivity contribution in [2.75, 3.05) is 5.73 Å². The van der Waals surface area contributed by atoms with E-state index in [2.05, 4.69) is 29.2 Å². The zero-order chi connectivity index (χ0) is 14.7. The average molecular weight is 282 g/mol. The summed E-state index contributed by atoms with van der Waals surface area (Å²) in [5, 5.41) is 9.11. The van der Waals surface area contributed by atoms with Gasteiger partial charge < -0.3 is 10.8 Å². The first-order valence-corrected chi connectivity index (χ1v) is 7.52. The third-order valence-corrected chi connectivity index (χ3v) is 4.02. The lowest BCUT2D eigenvalue weighted by atomic mass is 10.1. The van der Waals surface area contributed by atoms with Gasteiger partial charge in [-0.05, 0) is 41.7 Å². The van der Waals surface area contributed by atoms with Gasteiger partial charge in [0.25, 0.3) is 0 Å². The Morgan fingerprint density at radius 3 is 1.81 bits per heavy atom. The van der Waals surface area contributed by atoms with Gasteiger partial charge in [0.2, 0.25) is 0 Å². The number of aliphatic hydroxyl groups is 1. The molecular formula is C18H22N2O. The molecule has 1 aliphatic carbocycles. The van der Waals surface area contributed by atoms with Gasteiger partial charge in [-0.15, -0.1) is 0 Å². The normalized spacial score (nSPS) is 14.6. The van der Waals surface area contributed by atoms with Gasteiger partial charge in [0.1, 0.15) is 0 Å². The van der Waals surface area contributed by atoms with Crippen LogP contribution in [0.1, 0.15) is 29.5 Å². The summed E-state index contributed by atoms with van der Waals surface area (Å²) in [5.74, 6) is 0. The summed E-state index contributed by atoms with van der Waals surface area (Å²) in [7, 11) is 0. The van der Waals surface area contributed by atoms with Crippen LogP contribution in [0.3, 0.4) is 0 Å². The van der Waals surface area contributed by atoms with Crippen molar-refractivity contribution in [2.24, 2.45) is 0 Å². The highest BCUT2D eigenvalue weighted by Gasteiger charge is 2.28. The van der Waals surface area contributed by atoms with E-state index in [1.165, 1.54) is 24.0 Å². The maximum absolute atomic E-state index is 9.11. The molecule has 1 fully saturated rings. The number of hydrogen-bond acceptors (Lipinski definition) is 3. The van der Waals surface area contributed by atoms with Crippen molar-refractivity contribution in [3.63, 3.8) is 0 Å². The van der Waals surface area contributed by atoms with Crippen molar-refractivity contribution in [2.45, 2.75) is 38.6 Å². The minimum absolute atomic E-state index is 0.109. The van der Waals surface area contributed by atoms with E-state index in [0.717, 1.165) is 24.3 Å². The highest BCUT2D eigenvalue weighted by atomic mass is 16.3. The number of aliphatic hydroxyl groups excluding tert-OH is 1. The summed E-state index contributed by atoms with van der Waals surface area (Å²) >= 11 is 0. The smallest absolute Gasteiger partial charge is 0.0681 e. The summed E-state index contributed by atoms with van der Waals surface area (Å²) in [6.07, 6.45) is 2.59. The minimum atomic E-state index is 0.109. The van der Waals surface area contributed by atoms with Gasteiger partial charge in [-0.25, -0.2) is 0 Å². The van der Waals surface area contributed by atoms with Gasteiger partial charge in [0, 0.05) is 24.8 Å². The van der Waals surface area contributed by atoms with E-state index in [0.29, 0.717) is 6.04 Å². The van der Waals surface area contributed by atoms with Crippen LogP contribution in [0.25, 0.3) is 0 Å². The van der Waals surface area contributed by atoms with Gasteiger partial charge in [-0.1, -0.05) is 36.4 Å². The Morgan fingerprint density at radius 2 is 1.33 bits per heavy atom. The van der Waals surface area contributed by atoms with Crippen molar-refractivity contribution in [3.05, 3.63) is 65.2 Å². The van der Waals surface area contributed by atoms with Crippen molar-refractivity contribution < 1.29 is 5.11 Å². The van der Waals surface area contributed by atoms with Crippen LogP contribution in [0.2, 0.25) is 0 Å². The largest absolute Gasteiger partial charge is 0.399 e. The van der Waals surface area contributed by atoms with E-state index in [1.807, 2.05) is 24.3 Å². The molecular weight excluding hydrogens is 260 g/mol. The van der Waals surface area contributed by atoms with E-state index in [9.17, 15) is 0 Å². The van der Waals surface area contributed by atoms with Gasteiger partial charge >= 0.3 is 0 Å². The van der Waals surface area contributed by atoms with E-state index in [1.54, 1.807) is 0 Å². The van der Waals surface area contributed by atoms with Crippen LogP contribution in [0.4, 0.5) is 5.69 Å². The molecule has 1 aliphatic rings. The minimum Gasteiger partial charge on any atom is -0.399 e. The molecule has 0 spiro atoms. The second-order valence-electron chi connectivity index (χ2n) is 5.85. The molecule has 21 heavy (non-hydrogen) atoms. The third kappa shape index (κ3) is 3.84. The molecule has 3 N–H and O–H groups in total. The van der Waals surface area contributed by atoms with Gasteiger partial charge in [0.05, 0.1) is 6.61 Å². The Labute approximate surface area is 126 Å². The third-order valence-electron chi connectivity index (χ3n) is 4.02. The summed E-state index contributed by atoms with van der Waals surface area (Å²) in [5.41, 5.74) is 10.1. The molecule has 0 heterocycles. The molecule has 2 aromatic rings. The van der Waals surface area contributed by atoms with E-state index < -0.39 is 0 Å². The molecule has 110 valence electrons. The second-order valence-corrected chi connectivity index (χ2v) is 5.85. The quantitative estimate of drug-likeness (QED) is 0.801. The molecule has 3 rings (SSSR count). The molecule has 0 atom stereocenters. The van der Waals surface area contributed by atoms with E-state index in [4.69, 9.17) is 10.8 Å². The maximum atomic E-state index is 9.11. The van der Waals surface area contributed by atoms with Crippen LogP contribution in [0.5, 0.6) is 0 Å². The molecule has 0 amide bonds. The molecule has 3 heteroatoms. The molecule has 0 aromatic heterocycles. The zero-order valence-electron chi connectivity index (χ0n) is 12.2. The first-order chi connectivity index (χ1) is 10.2. The Morgan fingerprint density at radius 1 is 0.857 bits per heavy atom. The fraction of sp³-hybridized carbons (Fsp3) is 0.333. The lowest BCUT2D eigenvalue weighted by Gasteiger charge is -2.22. The number of nitrogens with two attached hydrogens (primary N) is 1. The van der Waals surface area contributed by atoms with Crippen molar-refractivity contribution in [1.29, 1.82) is 0 Å². The zero-order valence-corrected chi connectivity index (χ0v) is 12.2. The molecule has 0 saturated heterocycles. The van der Waals surface area contributed by atoms with Crippen LogP contribution in [0.15, 0.2) is 48.5 Å². The number of nitrogen functional groups attached to an aromatic ring is 1. The molecule has 0 radical (unpaired) electrons. The molecule has 3 nitrogen and oxygen atoms in total. The number of hydrogen-bond donors (Lipinski definition) is 2. The molecule has 0 bridgehead atoms. The van der Waals surface area contributed by atoms with Crippen molar-refractivity contribution in [1.82, 2.24) is 4.90 Å². The summed E-state index contributed by atoms with van der Waals surface area (Å²) < 4.78 is 0. The van der Waals surface area contributed by atoms with E-state index in [-0.39, 0.29) is 6.61 Å². The molecule has 0 aliphatic heterocycles. The highest BCUT2D eigenvalue weighted by Crippen LogP contribution is 2.30. The molecule has 2 aromatic carbocycles. The van der Waals surface area contributed by atoms with Crippen LogP contribution in [-0.2, 0) is 19.7 Å². The standard InChI is InChI=1S/C18H22N2O/c19-17-7-5-15(6-8-17)12-20(18-9-10-18)11-14-1-3-16(13-21)4-2-14/h1-8,18,21H,9-13,19H2. The lowest BCUT2D eigenvalue weighted by molar-refractivity contribution is 0.245. The van der Waals surface area contributed by atoms with Gasteiger partial charge in [0.15, 0.2) is 0 Å². The van der Waals surface area contributed by atoms with Gasteiger partial charge in [-0.2, -0.15) is 0 Å². The van der Waals surface area contributed by atoms with Crippen LogP contribution in [-0.4, -0.2) is 16.0 Å². The lowest BCUT2D eigenvalue weighted by Crippen LogP contribution is -2.25. The highest BCUT2D eigenvalue weighted by molar-refractivity contribution is 5.39. The Kier molecular flexibility index (Phi) is 4.23. The average Bonchev–Trinajstić information content (AvgIpc) is 3.34. The van der Waals surface area contributed by atoms with Crippen molar-refractivity contribution >= 4 is 5.69 Å². The predicted molar refractivity (Wildman–Crippen MR) is 85.5 cm³/mol. The number of benzene rings is 2. The number of anilines is 1. The fourth-order valence-electron chi connectivity index (χ4n) is 2.60. The second kappa shape index (κ2) is 6.29. The summed E-state index contributed by atoms with van der Waals surface area (Å²) in [6.45, 7) is 2.03. The van der Waals surface area contributed by atoms with Gasteiger partial charge in [-0.3, -0.25) is 4.90 Å². The summed E-state index contributed by atoms with van der Waals surface area (Å²) in [4.78, 5) is 2.53. The monoisotopic (exact) mass is 282 g/mol. The maximum Gasteiger partial charge on any atom is 0.0681 e. The summed E-state index contributed by atoms with van der Waals surface area (Å²) in [6, 6.07) is 17.1. The SMILES string of the molecule is Nc1ccc(CN(Cc2ccc(CO)cc2)C2CC2)cc1. The fourth-order valence-corrected chi connectivity index (χ4v) is 2.60. The number of nitrogens with zero attached hydrogens (tertiary/aromatic N) is 1. The number of rotatable bonds is 6. The van der Waals surface area contributed by atoms with E-state index >= 15 is 0 Å². The first-order valence-electron chi connectivity index (χ1n) is 7.52. The van der Waals surface area contributed by atoms with Crippen LogP contribution >= 0.6 is 0 Å². The molecule has 1 saturated carbocycles. The Balaban J connectivity index is 1.68. The van der Waals surface area contributed by atoms with Crippen LogP contribution in [0, 0.1) is 0 Å². The first kappa shape index (κ1) is 14.1. The predicted octanol–water partition coefficient (Wildman–Crippen LogP) is 2.93.